The first kappa shape index (κ1) is 10.6. The maximum atomic E-state index is 10.0. The Labute approximate surface area is 81.0 Å². The molecule has 0 atom stereocenters. The van der Waals surface area contributed by atoms with E-state index in [9.17, 15) is 4.79 Å². The molecule has 0 aromatic heterocycles. The minimum Gasteiger partial charge on any atom is -0.497 e. The number of benzene rings is 1. The molecule has 1 aromatic carbocycles. The lowest BCUT2D eigenvalue weighted by molar-refractivity contribution is -0.120. The summed E-state index contributed by atoms with van der Waals surface area (Å²) in [4.78, 5) is 10.0. The van der Waals surface area contributed by atoms with Crippen LogP contribution < -0.4 is 14.9 Å². The number of methoxy groups -OCH3 is 1. The highest BCUT2D eigenvalue weighted by atomic mass is 16.5. The third kappa shape index (κ3) is 2.24. The van der Waals surface area contributed by atoms with E-state index in [2.05, 4.69) is 4.74 Å². The molecule has 0 heterocycles. The minimum atomic E-state index is -1.67. The second-order valence-corrected chi connectivity index (χ2v) is 2.49. The fourth-order valence-electron chi connectivity index (χ4n) is 1.04. The molecule has 5 nitrogen and oxygen atoms in total. The smallest absolute Gasteiger partial charge is 0.492 e. The summed E-state index contributed by atoms with van der Waals surface area (Å²) in [5.41, 5.74) is 0.145. The Morgan fingerprint density at radius 2 is 2.14 bits per heavy atom. The van der Waals surface area contributed by atoms with E-state index < -0.39 is 7.12 Å². The van der Waals surface area contributed by atoms with Gasteiger partial charge in [0.25, 0.3) is 6.47 Å². The average Bonchev–Trinajstić information content (AvgIpc) is 2.18. The van der Waals surface area contributed by atoms with E-state index in [1.54, 1.807) is 0 Å². The molecule has 0 saturated heterocycles. The lowest BCUT2D eigenvalue weighted by Crippen LogP contribution is -2.31. The zero-order valence-electron chi connectivity index (χ0n) is 7.51. The van der Waals surface area contributed by atoms with Gasteiger partial charge in [-0.1, -0.05) is 0 Å². The first-order valence-electron chi connectivity index (χ1n) is 3.83. The van der Waals surface area contributed by atoms with Gasteiger partial charge in [-0.05, 0) is 18.2 Å². The van der Waals surface area contributed by atoms with Crippen molar-refractivity contribution in [1.82, 2.24) is 0 Å². The van der Waals surface area contributed by atoms with Crippen LogP contribution in [0.1, 0.15) is 0 Å². The fourth-order valence-corrected chi connectivity index (χ4v) is 1.04. The predicted molar refractivity (Wildman–Crippen MR) is 49.5 cm³/mol. The molecular formula is C8H9BO5. The van der Waals surface area contributed by atoms with Crippen LogP contribution in [0.3, 0.4) is 0 Å². The predicted octanol–water partition coefficient (Wildman–Crippen LogP) is -1.09. The molecule has 0 aliphatic rings. The molecule has 0 saturated carbocycles. The molecule has 1 rings (SSSR count). The van der Waals surface area contributed by atoms with Crippen LogP contribution in [-0.2, 0) is 4.79 Å². The van der Waals surface area contributed by atoms with Crippen molar-refractivity contribution in [3.63, 3.8) is 0 Å². The molecule has 0 aliphatic heterocycles. The van der Waals surface area contributed by atoms with Crippen molar-refractivity contribution >= 4 is 19.1 Å². The molecule has 2 N–H and O–H groups in total. The quantitative estimate of drug-likeness (QED) is 0.472. The zero-order valence-corrected chi connectivity index (χ0v) is 7.51. The summed E-state index contributed by atoms with van der Waals surface area (Å²) < 4.78 is 9.41. The van der Waals surface area contributed by atoms with Crippen LogP contribution in [0, 0.1) is 0 Å². The van der Waals surface area contributed by atoms with Crippen molar-refractivity contribution in [3.8, 4) is 11.5 Å². The van der Waals surface area contributed by atoms with Crippen LogP contribution in [-0.4, -0.2) is 30.7 Å². The van der Waals surface area contributed by atoms with Gasteiger partial charge in [-0.15, -0.1) is 0 Å². The Bertz CT molecular complexity index is 326. The molecule has 0 amide bonds. The number of rotatable bonds is 4. The number of carbonyl (C=O) groups is 1. The van der Waals surface area contributed by atoms with E-state index in [-0.39, 0.29) is 17.7 Å². The Morgan fingerprint density at radius 3 is 2.64 bits per heavy atom. The summed E-state index contributed by atoms with van der Waals surface area (Å²) in [7, 11) is -0.262. The molecule has 0 radical (unpaired) electrons. The highest BCUT2D eigenvalue weighted by Gasteiger charge is 2.17. The normalized spacial score (nSPS) is 9.36. The highest BCUT2D eigenvalue weighted by Crippen LogP contribution is 2.14. The van der Waals surface area contributed by atoms with E-state index in [0.29, 0.717) is 5.75 Å². The van der Waals surface area contributed by atoms with E-state index in [1.165, 1.54) is 25.3 Å². The number of ether oxygens (including phenoxy) is 2. The molecule has 74 valence electrons. The van der Waals surface area contributed by atoms with Crippen LogP contribution in [0.2, 0.25) is 0 Å². The average molecular weight is 196 g/mol. The Kier molecular flexibility index (Phi) is 3.50. The van der Waals surface area contributed by atoms with Crippen LogP contribution in [0.4, 0.5) is 0 Å². The number of hydrogen-bond acceptors (Lipinski definition) is 5. The molecule has 6 heteroatoms. The van der Waals surface area contributed by atoms with E-state index in [4.69, 9.17) is 14.8 Å². The third-order valence-corrected chi connectivity index (χ3v) is 1.66. The van der Waals surface area contributed by atoms with Gasteiger partial charge in [0.15, 0.2) is 0 Å². The van der Waals surface area contributed by atoms with E-state index in [0.717, 1.165) is 0 Å². The summed E-state index contributed by atoms with van der Waals surface area (Å²) in [6.45, 7) is 0.259. The standard InChI is InChI=1S/C8H9BO5/c1-13-8-3-2-6(14-5-10)4-7(8)9(11)12/h2-5,11-12H,1H3. The maximum absolute atomic E-state index is 10.0. The molecule has 0 fully saturated rings. The molecular weight excluding hydrogens is 187 g/mol. The summed E-state index contributed by atoms with van der Waals surface area (Å²) >= 11 is 0. The Morgan fingerprint density at radius 1 is 1.43 bits per heavy atom. The fraction of sp³-hybridized carbons (Fsp3) is 0.125. The van der Waals surface area contributed by atoms with Crippen molar-refractivity contribution < 1.29 is 24.3 Å². The van der Waals surface area contributed by atoms with Crippen molar-refractivity contribution in [2.45, 2.75) is 0 Å². The van der Waals surface area contributed by atoms with Gasteiger partial charge < -0.3 is 19.5 Å². The van der Waals surface area contributed by atoms with Gasteiger partial charge in [0, 0.05) is 5.46 Å². The molecule has 0 unspecified atom stereocenters. The lowest BCUT2D eigenvalue weighted by atomic mass is 9.79. The van der Waals surface area contributed by atoms with Gasteiger partial charge in [0.2, 0.25) is 0 Å². The Hall–Kier alpha value is -1.53. The van der Waals surface area contributed by atoms with Crippen molar-refractivity contribution in [2.75, 3.05) is 7.11 Å². The van der Waals surface area contributed by atoms with Crippen molar-refractivity contribution in [3.05, 3.63) is 18.2 Å². The van der Waals surface area contributed by atoms with Crippen molar-refractivity contribution in [2.24, 2.45) is 0 Å². The topological polar surface area (TPSA) is 76.0 Å². The largest absolute Gasteiger partial charge is 0.497 e. The summed E-state index contributed by atoms with van der Waals surface area (Å²) in [6.07, 6.45) is 0. The first-order valence-corrected chi connectivity index (χ1v) is 3.83. The van der Waals surface area contributed by atoms with Crippen LogP contribution in [0.5, 0.6) is 11.5 Å². The van der Waals surface area contributed by atoms with Gasteiger partial charge in [-0.25, -0.2) is 0 Å². The SMILES string of the molecule is COc1ccc(OC=O)cc1B(O)O. The molecule has 1 aromatic rings. The summed E-state index contributed by atoms with van der Waals surface area (Å²) in [5.74, 6) is 0.544. The molecule has 0 aliphatic carbocycles. The van der Waals surface area contributed by atoms with E-state index in [1.807, 2.05) is 0 Å². The summed E-state index contributed by atoms with van der Waals surface area (Å²) in [6, 6.07) is 4.28. The number of hydrogen-bond donors (Lipinski definition) is 2. The Balaban J connectivity index is 3.07. The summed E-state index contributed by atoms with van der Waals surface area (Å²) in [5, 5.41) is 17.9. The molecule has 14 heavy (non-hydrogen) atoms. The third-order valence-electron chi connectivity index (χ3n) is 1.66. The zero-order chi connectivity index (χ0) is 10.6. The lowest BCUT2D eigenvalue weighted by Gasteiger charge is -2.08. The minimum absolute atomic E-state index is 0.145. The van der Waals surface area contributed by atoms with Crippen LogP contribution in [0.25, 0.3) is 0 Å². The van der Waals surface area contributed by atoms with Gasteiger partial charge in [-0.2, -0.15) is 0 Å². The van der Waals surface area contributed by atoms with Gasteiger partial charge in [0.1, 0.15) is 11.5 Å². The van der Waals surface area contributed by atoms with E-state index >= 15 is 0 Å². The maximum Gasteiger partial charge on any atom is 0.492 e. The second-order valence-electron chi connectivity index (χ2n) is 2.49. The van der Waals surface area contributed by atoms with Crippen LogP contribution in [0.15, 0.2) is 18.2 Å². The van der Waals surface area contributed by atoms with Gasteiger partial charge in [0.05, 0.1) is 7.11 Å². The van der Waals surface area contributed by atoms with Crippen LogP contribution >= 0.6 is 0 Å². The van der Waals surface area contributed by atoms with Crippen molar-refractivity contribution in [1.29, 1.82) is 0 Å². The molecule has 0 bridgehead atoms. The second kappa shape index (κ2) is 4.64. The van der Waals surface area contributed by atoms with Gasteiger partial charge >= 0.3 is 7.12 Å². The highest BCUT2D eigenvalue weighted by molar-refractivity contribution is 6.59. The monoisotopic (exact) mass is 196 g/mol. The van der Waals surface area contributed by atoms with Gasteiger partial charge in [-0.3, -0.25) is 4.79 Å². The first-order chi connectivity index (χ1) is 6.69. The number of carbonyl (C=O) groups excluding carboxylic acids is 1. The molecule has 0 spiro atoms.